The number of halogens is 1. The maximum absolute atomic E-state index is 10.9. The van der Waals surface area contributed by atoms with Gasteiger partial charge in [-0.15, -0.1) is 0 Å². The van der Waals surface area contributed by atoms with Crippen LogP contribution in [0.3, 0.4) is 0 Å². The minimum Gasteiger partial charge on any atom is -0.472 e. The molecular weight excluding hydrogens is 192 g/mol. The van der Waals surface area contributed by atoms with Crippen molar-refractivity contribution in [1.29, 1.82) is 0 Å². The summed E-state index contributed by atoms with van der Waals surface area (Å²) in [5.74, 6) is 0.156. The van der Waals surface area contributed by atoms with Crippen LogP contribution in [-0.2, 0) is 0 Å². The van der Waals surface area contributed by atoms with Gasteiger partial charge in [-0.2, -0.15) is 0 Å². The van der Waals surface area contributed by atoms with Gasteiger partial charge in [-0.05, 0) is 6.92 Å². The quantitative estimate of drug-likeness (QED) is 0.750. The largest absolute Gasteiger partial charge is 0.472 e. The minimum absolute atomic E-state index is 0.0213. The molecule has 1 rings (SSSR count). The number of aromatic nitrogens is 2. The molecule has 0 amide bonds. The molecule has 0 saturated carbocycles. The van der Waals surface area contributed by atoms with Crippen molar-refractivity contribution in [2.45, 2.75) is 6.92 Å². The molecule has 1 aromatic rings. The second kappa shape index (κ2) is 4.67. The van der Waals surface area contributed by atoms with Crippen molar-refractivity contribution in [3.05, 3.63) is 33.9 Å². The molecule has 5 heteroatoms. The van der Waals surface area contributed by atoms with E-state index in [2.05, 4.69) is 9.97 Å². The first-order valence-electron chi connectivity index (χ1n) is 3.73. The summed E-state index contributed by atoms with van der Waals surface area (Å²) in [6, 6.07) is 0. The van der Waals surface area contributed by atoms with E-state index < -0.39 is 5.56 Å². The van der Waals surface area contributed by atoms with Crippen LogP contribution in [0.1, 0.15) is 6.92 Å². The molecule has 1 heterocycles. The van der Waals surface area contributed by atoms with Gasteiger partial charge in [0, 0.05) is 0 Å². The Morgan fingerprint density at radius 3 is 3.23 bits per heavy atom. The first-order valence-corrected chi connectivity index (χ1v) is 4.10. The van der Waals surface area contributed by atoms with Crippen LogP contribution in [0.15, 0.2) is 23.3 Å². The Bertz CT molecular complexity index is 359. The third-order valence-corrected chi connectivity index (χ3v) is 1.65. The Morgan fingerprint density at radius 2 is 2.54 bits per heavy atom. The molecule has 0 fully saturated rings. The summed E-state index contributed by atoms with van der Waals surface area (Å²) in [7, 11) is 0. The highest BCUT2D eigenvalue weighted by Gasteiger charge is 2.05. The maximum Gasteiger partial charge on any atom is 0.273 e. The maximum atomic E-state index is 10.9. The van der Waals surface area contributed by atoms with E-state index in [0.717, 1.165) is 0 Å². The fraction of sp³-hybridized carbons (Fsp3) is 0.250. The molecule has 0 bridgehead atoms. The van der Waals surface area contributed by atoms with Gasteiger partial charge in [0.25, 0.3) is 5.56 Å². The van der Waals surface area contributed by atoms with Gasteiger partial charge in [-0.3, -0.25) is 4.79 Å². The van der Waals surface area contributed by atoms with E-state index in [-0.39, 0.29) is 10.9 Å². The molecule has 4 nitrogen and oxygen atoms in total. The Morgan fingerprint density at radius 1 is 1.77 bits per heavy atom. The van der Waals surface area contributed by atoms with E-state index in [1.54, 1.807) is 6.08 Å². The SMILES string of the molecule is C/C=C/COc1nc[nH]c(=O)c1Cl. The molecule has 0 aliphatic rings. The number of nitrogens with zero attached hydrogens (tertiary/aromatic N) is 1. The highest BCUT2D eigenvalue weighted by atomic mass is 35.5. The van der Waals surface area contributed by atoms with Crippen molar-refractivity contribution in [3.63, 3.8) is 0 Å². The van der Waals surface area contributed by atoms with Crippen LogP contribution < -0.4 is 10.3 Å². The number of aromatic amines is 1. The zero-order valence-corrected chi connectivity index (χ0v) is 7.84. The molecule has 0 aliphatic heterocycles. The summed E-state index contributed by atoms with van der Waals surface area (Å²) < 4.78 is 5.11. The summed E-state index contributed by atoms with van der Waals surface area (Å²) in [5, 5.41) is -0.0213. The van der Waals surface area contributed by atoms with Crippen LogP contribution in [-0.4, -0.2) is 16.6 Å². The van der Waals surface area contributed by atoms with E-state index in [9.17, 15) is 4.79 Å². The average Bonchev–Trinajstić information content (AvgIpc) is 2.13. The molecule has 1 aromatic heterocycles. The molecule has 1 N–H and O–H groups in total. The van der Waals surface area contributed by atoms with Gasteiger partial charge < -0.3 is 9.72 Å². The number of hydrogen-bond acceptors (Lipinski definition) is 3. The lowest BCUT2D eigenvalue weighted by molar-refractivity contribution is 0.347. The van der Waals surface area contributed by atoms with Gasteiger partial charge in [0.1, 0.15) is 6.61 Å². The Kier molecular flexibility index (Phi) is 3.52. The fourth-order valence-corrected chi connectivity index (χ4v) is 0.848. The number of H-pyrrole nitrogens is 1. The number of nitrogens with one attached hydrogen (secondary N) is 1. The second-order valence-electron chi connectivity index (χ2n) is 2.23. The van der Waals surface area contributed by atoms with Gasteiger partial charge in [-0.25, -0.2) is 4.98 Å². The number of ether oxygens (including phenoxy) is 1. The predicted octanol–water partition coefficient (Wildman–Crippen LogP) is 1.38. The fourth-order valence-electron chi connectivity index (χ4n) is 0.691. The standard InChI is InChI=1S/C8H9ClN2O2/c1-2-3-4-13-8-6(9)7(12)10-5-11-8/h2-3,5H,4H2,1H3,(H,10,11,12)/b3-2+. The lowest BCUT2D eigenvalue weighted by atomic mass is 10.5. The van der Waals surface area contributed by atoms with E-state index in [1.807, 2.05) is 13.0 Å². The first-order chi connectivity index (χ1) is 6.25. The van der Waals surface area contributed by atoms with Gasteiger partial charge in [0.05, 0.1) is 6.33 Å². The smallest absolute Gasteiger partial charge is 0.273 e. The number of rotatable bonds is 3. The van der Waals surface area contributed by atoms with Gasteiger partial charge in [0.15, 0.2) is 5.02 Å². The van der Waals surface area contributed by atoms with Gasteiger partial charge in [-0.1, -0.05) is 23.8 Å². The monoisotopic (exact) mass is 200 g/mol. The highest BCUT2D eigenvalue weighted by molar-refractivity contribution is 6.31. The minimum atomic E-state index is -0.396. The molecule has 0 aliphatic carbocycles. The van der Waals surface area contributed by atoms with Crippen molar-refractivity contribution in [2.75, 3.05) is 6.61 Å². The van der Waals surface area contributed by atoms with Crippen LogP contribution in [0.4, 0.5) is 0 Å². The van der Waals surface area contributed by atoms with Crippen LogP contribution in [0.25, 0.3) is 0 Å². The van der Waals surface area contributed by atoms with Crippen LogP contribution in [0.5, 0.6) is 5.88 Å². The zero-order chi connectivity index (χ0) is 9.68. The predicted molar refractivity (Wildman–Crippen MR) is 50.2 cm³/mol. The van der Waals surface area contributed by atoms with E-state index >= 15 is 0 Å². The third-order valence-electron chi connectivity index (χ3n) is 1.32. The Balaban J connectivity index is 2.77. The van der Waals surface area contributed by atoms with Crippen LogP contribution >= 0.6 is 11.6 Å². The molecule has 0 spiro atoms. The molecule has 13 heavy (non-hydrogen) atoms. The number of hydrogen-bond donors (Lipinski definition) is 1. The van der Waals surface area contributed by atoms with Crippen molar-refractivity contribution in [2.24, 2.45) is 0 Å². The van der Waals surface area contributed by atoms with Crippen LogP contribution in [0.2, 0.25) is 5.02 Å². The summed E-state index contributed by atoms with van der Waals surface area (Å²) in [6.45, 7) is 2.23. The lowest BCUT2D eigenvalue weighted by Gasteiger charge is -2.01. The van der Waals surface area contributed by atoms with Crippen molar-refractivity contribution >= 4 is 11.6 Å². The van der Waals surface area contributed by atoms with Crippen molar-refractivity contribution in [1.82, 2.24) is 9.97 Å². The zero-order valence-electron chi connectivity index (χ0n) is 7.08. The average molecular weight is 201 g/mol. The number of allylic oxidation sites excluding steroid dienone is 1. The van der Waals surface area contributed by atoms with Gasteiger partial charge >= 0.3 is 0 Å². The molecule has 0 atom stereocenters. The third kappa shape index (κ3) is 2.59. The summed E-state index contributed by atoms with van der Waals surface area (Å²) in [6.07, 6.45) is 4.87. The molecule has 0 aromatic carbocycles. The van der Waals surface area contributed by atoms with Crippen molar-refractivity contribution < 1.29 is 4.74 Å². The summed E-state index contributed by atoms with van der Waals surface area (Å²) in [5.41, 5.74) is -0.396. The lowest BCUT2D eigenvalue weighted by Crippen LogP contribution is -2.09. The van der Waals surface area contributed by atoms with E-state index in [4.69, 9.17) is 16.3 Å². The topological polar surface area (TPSA) is 55.0 Å². The summed E-state index contributed by atoms with van der Waals surface area (Å²) in [4.78, 5) is 17.0. The molecule has 0 saturated heterocycles. The summed E-state index contributed by atoms with van der Waals surface area (Å²) >= 11 is 5.62. The Hall–Kier alpha value is -1.29. The molecule has 70 valence electrons. The normalized spacial score (nSPS) is 10.6. The van der Waals surface area contributed by atoms with Gasteiger partial charge in [0.2, 0.25) is 5.88 Å². The highest BCUT2D eigenvalue weighted by Crippen LogP contribution is 2.14. The molecule has 0 unspecified atom stereocenters. The van der Waals surface area contributed by atoms with Crippen molar-refractivity contribution in [3.8, 4) is 5.88 Å². The van der Waals surface area contributed by atoms with Crippen LogP contribution in [0, 0.1) is 0 Å². The van der Waals surface area contributed by atoms with E-state index in [0.29, 0.717) is 6.61 Å². The Labute approximate surface area is 80.2 Å². The van der Waals surface area contributed by atoms with E-state index in [1.165, 1.54) is 6.33 Å². The second-order valence-corrected chi connectivity index (χ2v) is 2.61. The molecule has 0 radical (unpaired) electrons. The molecular formula is C8H9ClN2O2. The first kappa shape index (κ1) is 9.80.